The van der Waals surface area contributed by atoms with E-state index in [1.807, 2.05) is 12.1 Å². The van der Waals surface area contributed by atoms with Gasteiger partial charge in [0.15, 0.2) is 0 Å². The van der Waals surface area contributed by atoms with E-state index >= 15 is 0 Å². The monoisotopic (exact) mass is 376 g/mol. The standard InChI is InChI=1S/C23H36O4/c1-2-3-4-5-6-7-9-12-19-15-17-20(18-16-19)21(23(26)27)13-10-8-11-14-22(24)25/h15-18,21H,2-14H2,1H3,(H,24,25)(H,26,27). The van der Waals surface area contributed by atoms with E-state index in [1.165, 1.54) is 50.5 Å². The van der Waals surface area contributed by atoms with Crippen LogP contribution >= 0.6 is 0 Å². The van der Waals surface area contributed by atoms with Crippen LogP contribution in [0.25, 0.3) is 0 Å². The smallest absolute Gasteiger partial charge is 0.310 e. The number of aryl methyl sites for hydroxylation is 1. The minimum Gasteiger partial charge on any atom is -0.481 e. The lowest BCUT2D eigenvalue weighted by Crippen LogP contribution is -2.11. The first-order valence-electron chi connectivity index (χ1n) is 10.6. The number of benzene rings is 1. The van der Waals surface area contributed by atoms with Crippen molar-refractivity contribution in [1.29, 1.82) is 0 Å². The van der Waals surface area contributed by atoms with Gasteiger partial charge in [0.05, 0.1) is 5.92 Å². The average Bonchev–Trinajstić information content (AvgIpc) is 2.64. The van der Waals surface area contributed by atoms with Crippen molar-refractivity contribution in [2.24, 2.45) is 0 Å². The van der Waals surface area contributed by atoms with Gasteiger partial charge in [-0.2, -0.15) is 0 Å². The summed E-state index contributed by atoms with van der Waals surface area (Å²) in [7, 11) is 0. The maximum Gasteiger partial charge on any atom is 0.310 e. The van der Waals surface area contributed by atoms with E-state index < -0.39 is 17.9 Å². The summed E-state index contributed by atoms with van der Waals surface area (Å²) >= 11 is 0. The molecule has 4 nitrogen and oxygen atoms in total. The Morgan fingerprint density at radius 2 is 1.41 bits per heavy atom. The molecule has 0 fully saturated rings. The third kappa shape index (κ3) is 10.8. The van der Waals surface area contributed by atoms with E-state index in [0.29, 0.717) is 12.8 Å². The van der Waals surface area contributed by atoms with Crippen molar-refractivity contribution in [3.63, 3.8) is 0 Å². The maximum absolute atomic E-state index is 11.6. The summed E-state index contributed by atoms with van der Waals surface area (Å²) in [6, 6.07) is 8.03. The van der Waals surface area contributed by atoms with Gasteiger partial charge in [0.2, 0.25) is 0 Å². The molecule has 1 atom stereocenters. The molecule has 152 valence electrons. The Morgan fingerprint density at radius 3 is 2.00 bits per heavy atom. The van der Waals surface area contributed by atoms with E-state index in [2.05, 4.69) is 19.1 Å². The zero-order chi connectivity index (χ0) is 19.9. The first kappa shape index (κ1) is 23.2. The van der Waals surface area contributed by atoms with Gasteiger partial charge in [0, 0.05) is 6.42 Å². The Balaban J connectivity index is 2.35. The fraction of sp³-hybridized carbons (Fsp3) is 0.652. The number of hydrogen-bond donors (Lipinski definition) is 2. The molecule has 0 aliphatic carbocycles. The van der Waals surface area contributed by atoms with E-state index in [-0.39, 0.29) is 6.42 Å². The van der Waals surface area contributed by atoms with Gasteiger partial charge in [-0.05, 0) is 36.8 Å². The molecule has 0 bridgehead atoms. The fourth-order valence-corrected chi connectivity index (χ4v) is 3.44. The summed E-state index contributed by atoms with van der Waals surface area (Å²) in [5.74, 6) is -2.09. The Bertz CT molecular complexity index is 536. The van der Waals surface area contributed by atoms with Crippen molar-refractivity contribution in [3.05, 3.63) is 35.4 Å². The lowest BCUT2D eigenvalue weighted by molar-refractivity contribution is -0.139. The summed E-state index contributed by atoms with van der Waals surface area (Å²) in [4.78, 5) is 22.1. The number of hydrogen-bond acceptors (Lipinski definition) is 2. The van der Waals surface area contributed by atoms with Crippen molar-refractivity contribution in [1.82, 2.24) is 0 Å². The maximum atomic E-state index is 11.6. The number of rotatable bonds is 16. The lowest BCUT2D eigenvalue weighted by atomic mass is 9.92. The van der Waals surface area contributed by atoms with Gasteiger partial charge >= 0.3 is 11.9 Å². The zero-order valence-corrected chi connectivity index (χ0v) is 16.8. The van der Waals surface area contributed by atoms with E-state index in [4.69, 9.17) is 5.11 Å². The van der Waals surface area contributed by atoms with Crippen LogP contribution in [0.15, 0.2) is 24.3 Å². The topological polar surface area (TPSA) is 74.6 Å². The molecule has 0 aromatic heterocycles. The van der Waals surface area contributed by atoms with Gasteiger partial charge < -0.3 is 10.2 Å². The van der Waals surface area contributed by atoms with Crippen LogP contribution in [0.1, 0.15) is 101 Å². The molecule has 0 radical (unpaired) electrons. The highest BCUT2D eigenvalue weighted by molar-refractivity contribution is 5.76. The molecular weight excluding hydrogens is 340 g/mol. The molecule has 1 unspecified atom stereocenters. The Kier molecular flexibility index (Phi) is 12.2. The van der Waals surface area contributed by atoms with Crippen LogP contribution in [-0.4, -0.2) is 22.2 Å². The molecule has 1 aromatic rings. The van der Waals surface area contributed by atoms with Crippen LogP contribution in [0.5, 0.6) is 0 Å². The number of carbonyl (C=O) groups is 2. The van der Waals surface area contributed by atoms with Crippen molar-refractivity contribution >= 4 is 11.9 Å². The van der Waals surface area contributed by atoms with Gasteiger partial charge in [0.25, 0.3) is 0 Å². The minimum atomic E-state index is -0.798. The summed E-state index contributed by atoms with van der Waals surface area (Å²) in [5.41, 5.74) is 2.13. The van der Waals surface area contributed by atoms with Crippen LogP contribution in [0, 0.1) is 0 Å². The third-order valence-electron chi connectivity index (χ3n) is 5.13. The zero-order valence-electron chi connectivity index (χ0n) is 16.8. The second-order valence-electron chi connectivity index (χ2n) is 7.50. The summed E-state index contributed by atoms with van der Waals surface area (Å²) in [6.45, 7) is 2.23. The van der Waals surface area contributed by atoms with Gasteiger partial charge in [-0.3, -0.25) is 9.59 Å². The molecule has 0 spiro atoms. The highest BCUT2D eigenvalue weighted by atomic mass is 16.4. The number of carboxylic acid groups (broad SMARTS) is 2. The van der Waals surface area contributed by atoms with Crippen molar-refractivity contribution < 1.29 is 19.8 Å². The SMILES string of the molecule is CCCCCCCCCc1ccc(C(CCCCCC(=O)O)C(=O)O)cc1. The lowest BCUT2D eigenvalue weighted by Gasteiger charge is -2.13. The van der Waals surface area contributed by atoms with Crippen LogP contribution in [-0.2, 0) is 16.0 Å². The first-order valence-corrected chi connectivity index (χ1v) is 10.6. The first-order chi connectivity index (χ1) is 13.0. The molecule has 0 saturated heterocycles. The van der Waals surface area contributed by atoms with Gasteiger partial charge in [0.1, 0.15) is 0 Å². The van der Waals surface area contributed by atoms with Crippen molar-refractivity contribution in [2.75, 3.05) is 0 Å². The molecular formula is C23H36O4. The third-order valence-corrected chi connectivity index (χ3v) is 5.13. The minimum absolute atomic E-state index is 0.158. The Labute approximate surface area is 164 Å². The normalized spacial score (nSPS) is 12.0. The molecule has 0 aliphatic heterocycles. The predicted octanol–water partition coefficient (Wildman–Crippen LogP) is 6.18. The molecule has 1 aromatic carbocycles. The predicted molar refractivity (Wildman–Crippen MR) is 109 cm³/mol. The average molecular weight is 377 g/mol. The summed E-state index contributed by atoms with van der Waals surface area (Å²) in [6.07, 6.45) is 12.9. The molecule has 0 heterocycles. The molecule has 4 heteroatoms. The Morgan fingerprint density at radius 1 is 0.815 bits per heavy atom. The molecule has 1 rings (SSSR count). The Hall–Kier alpha value is -1.84. The number of carboxylic acids is 2. The van der Waals surface area contributed by atoms with Crippen molar-refractivity contribution in [2.45, 2.75) is 96.3 Å². The quantitative estimate of drug-likeness (QED) is 0.338. The van der Waals surface area contributed by atoms with Gasteiger partial charge in [-0.25, -0.2) is 0 Å². The molecule has 0 amide bonds. The summed E-state index contributed by atoms with van der Waals surface area (Å²) in [5, 5.41) is 18.2. The number of unbranched alkanes of at least 4 members (excludes halogenated alkanes) is 8. The molecule has 0 aliphatic rings. The van der Waals surface area contributed by atoms with Crippen LogP contribution in [0.3, 0.4) is 0 Å². The van der Waals surface area contributed by atoms with Gasteiger partial charge in [-0.15, -0.1) is 0 Å². The number of aliphatic carboxylic acids is 2. The van der Waals surface area contributed by atoms with Crippen LogP contribution in [0.2, 0.25) is 0 Å². The largest absolute Gasteiger partial charge is 0.481 e. The van der Waals surface area contributed by atoms with E-state index in [0.717, 1.165) is 24.8 Å². The fourth-order valence-electron chi connectivity index (χ4n) is 3.44. The summed E-state index contributed by atoms with van der Waals surface area (Å²) < 4.78 is 0. The molecule has 0 saturated carbocycles. The second kappa shape index (κ2) is 14.2. The highest BCUT2D eigenvalue weighted by Crippen LogP contribution is 2.24. The van der Waals surface area contributed by atoms with E-state index in [9.17, 15) is 14.7 Å². The molecule has 27 heavy (non-hydrogen) atoms. The van der Waals surface area contributed by atoms with Crippen LogP contribution < -0.4 is 0 Å². The highest BCUT2D eigenvalue weighted by Gasteiger charge is 2.19. The van der Waals surface area contributed by atoms with Crippen LogP contribution in [0.4, 0.5) is 0 Å². The molecule has 2 N–H and O–H groups in total. The van der Waals surface area contributed by atoms with Gasteiger partial charge in [-0.1, -0.05) is 82.6 Å². The van der Waals surface area contributed by atoms with E-state index in [1.54, 1.807) is 0 Å². The van der Waals surface area contributed by atoms with Crippen molar-refractivity contribution in [3.8, 4) is 0 Å². The second-order valence-corrected chi connectivity index (χ2v) is 7.50.